The highest BCUT2D eigenvalue weighted by atomic mass is 79.9. The highest BCUT2D eigenvalue weighted by Crippen LogP contribution is 2.25. The highest BCUT2D eigenvalue weighted by Gasteiger charge is 2.25. The lowest BCUT2D eigenvalue weighted by Crippen LogP contribution is -2.40. The molecule has 1 aromatic heterocycles. The van der Waals surface area contributed by atoms with Crippen molar-refractivity contribution in [2.75, 3.05) is 26.2 Å². The topological polar surface area (TPSA) is 108 Å². The molecule has 2 unspecified atom stereocenters. The summed E-state index contributed by atoms with van der Waals surface area (Å²) in [6.45, 7) is 1.14. The Labute approximate surface area is 147 Å². The Morgan fingerprint density at radius 2 is 2.18 bits per heavy atom. The normalized spacial score (nSPS) is 21.4. The number of sulfonamides is 1. The number of aliphatic hydroxyl groups excluding tert-OH is 1. The molecule has 0 spiro atoms. The first-order valence-electron chi connectivity index (χ1n) is 6.29. The maximum atomic E-state index is 11.9. The van der Waals surface area contributed by atoms with Crippen molar-refractivity contribution < 1.29 is 18.3 Å². The molecule has 1 amide bonds. The van der Waals surface area contributed by atoms with Gasteiger partial charge in [-0.15, -0.1) is 23.7 Å². The molecule has 1 fully saturated rings. The first kappa shape index (κ1) is 19.8. The summed E-state index contributed by atoms with van der Waals surface area (Å²) >= 11 is 4.26. The maximum Gasteiger partial charge on any atom is 0.250 e. The van der Waals surface area contributed by atoms with Crippen LogP contribution in [0.3, 0.4) is 0 Å². The van der Waals surface area contributed by atoms with Crippen LogP contribution in [0.1, 0.15) is 0 Å². The van der Waals surface area contributed by atoms with Crippen LogP contribution in [0, 0.1) is 5.92 Å². The Morgan fingerprint density at radius 1 is 1.45 bits per heavy atom. The van der Waals surface area contributed by atoms with Crippen LogP contribution in [0.4, 0.5) is 0 Å². The van der Waals surface area contributed by atoms with Crippen molar-refractivity contribution >= 4 is 55.6 Å². The summed E-state index contributed by atoms with van der Waals surface area (Å²) in [5.74, 6) is -0.466. The van der Waals surface area contributed by atoms with Crippen LogP contribution in [0.15, 0.2) is 20.1 Å². The fourth-order valence-corrected chi connectivity index (χ4v) is 4.95. The maximum absolute atomic E-state index is 11.9. The van der Waals surface area contributed by atoms with Crippen LogP contribution < -0.4 is 15.4 Å². The molecule has 4 N–H and O–H groups in total. The zero-order chi connectivity index (χ0) is 15.5. The quantitative estimate of drug-likeness (QED) is 0.500. The third kappa shape index (κ3) is 5.44. The number of hydrogen-bond acceptors (Lipinski definition) is 6. The minimum Gasteiger partial charge on any atom is -0.391 e. The molecule has 0 aliphatic carbocycles. The average molecular weight is 435 g/mol. The largest absolute Gasteiger partial charge is 0.391 e. The molecule has 1 aliphatic heterocycles. The number of thiophene rings is 1. The predicted octanol–water partition coefficient (Wildman–Crippen LogP) is -0.0928. The molecule has 0 bridgehead atoms. The van der Waals surface area contributed by atoms with Gasteiger partial charge in [-0.2, -0.15) is 0 Å². The Balaban J connectivity index is 0.00000242. The van der Waals surface area contributed by atoms with Gasteiger partial charge in [0.05, 0.1) is 16.4 Å². The second-order valence-electron chi connectivity index (χ2n) is 4.67. The summed E-state index contributed by atoms with van der Waals surface area (Å²) in [4.78, 5) is 11.6. The number of hydrogen-bond donors (Lipinski definition) is 4. The van der Waals surface area contributed by atoms with Crippen molar-refractivity contribution in [1.82, 2.24) is 15.4 Å². The minimum atomic E-state index is -3.67. The van der Waals surface area contributed by atoms with Gasteiger partial charge in [-0.25, -0.2) is 13.1 Å². The number of halogens is 2. The summed E-state index contributed by atoms with van der Waals surface area (Å²) in [5, 5.41) is 15.2. The smallest absolute Gasteiger partial charge is 0.250 e. The van der Waals surface area contributed by atoms with Crippen molar-refractivity contribution in [3.8, 4) is 0 Å². The number of carbonyl (C=O) groups excluding carboxylic acids is 1. The minimum absolute atomic E-state index is 0. The molecule has 126 valence electrons. The fourth-order valence-electron chi connectivity index (χ4n) is 1.91. The molecule has 1 aromatic rings. The van der Waals surface area contributed by atoms with Crippen molar-refractivity contribution in [3.05, 3.63) is 15.9 Å². The van der Waals surface area contributed by atoms with E-state index in [9.17, 15) is 18.3 Å². The second-order valence-corrected chi connectivity index (χ2v) is 9.13. The molecule has 22 heavy (non-hydrogen) atoms. The molecule has 1 saturated heterocycles. The van der Waals surface area contributed by atoms with Crippen LogP contribution in [-0.2, 0) is 14.8 Å². The third-order valence-electron chi connectivity index (χ3n) is 3.10. The molecule has 2 rings (SSSR count). The molecule has 7 nitrogen and oxygen atoms in total. The predicted molar refractivity (Wildman–Crippen MR) is 89.8 cm³/mol. The Morgan fingerprint density at radius 3 is 2.73 bits per heavy atom. The lowest BCUT2D eigenvalue weighted by atomic mass is 10.1. The van der Waals surface area contributed by atoms with E-state index in [0.717, 1.165) is 11.3 Å². The van der Waals surface area contributed by atoms with Gasteiger partial charge in [0.2, 0.25) is 5.91 Å². The lowest BCUT2D eigenvalue weighted by molar-refractivity contribution is -0.120. The summed E-state index contributed by atoms with van der Waals surface area (Å²) in [6, 6.07) is 3.10. The van der Waals surface area contributed by atoms with E-state index in [1.54, 1.807) is 6.07 Å². The van der Waals surface area contributed by atoms with Gasteiger partial charge in [0.1, 0.15) is 4.21 Å². The first-order valence-corrected chi connectivity index (χ1v) is 9.38. The number of carbonyl (C=O) groups is 1. The third-order valence-corrected chi connectivity index (χ3v) is 6.62. The van der Waals surface area contributed by atoms with E-state index in [2.05, 4.69) is 31.3 Å². The van der Waals surface area contributed by atoms with Gasteiger partial charge in [-0.3, -0.25) is 4.79 Å². The van der Waals surface area contributed by atoms with Gasteiger partial charge in [-0.1, -0.05) is 0 Å². The van der Waals surface area contributed by atoms with E-state index in [4.69, 9.17) is 0 Å². The second kappa shape index (κ2) is 8.57. The molecule has 2 heterocycles. The molecule has 2 atom stereocenters. The number of β-amino-alcohol motifs (C(OH)–C–C–N with tert-alkyl or cyclic N) is 1. The SMILES string of the molecule is Cl.O=C(CNS(=O)(=O)c1ccc(Br)s1)NCC1CNCC1O. The van der Waals surface area contributed by atoms with Gasteiger partial charge in [-0.05, 0) is 28.1 Å². The number of nitrogens with one attached hydrogen (secondary N) is 3. The Kier molecular flexibility index (Phi) is 7.72. The number of amides is 1. The van der Waals surface area contributed by atoms with Crippen molar-refractivity contribution in [1.29, 1.82) is 0 Å². The number of aliphatic hydroxyl groups is 1. The van der Waals surface area contributed by atoms with Crippen molar-refractivity contribution in [2.24, 2.45) is 5.92 Å². The first-order chi connectivity index (χ1) is 9.88. The van der Waals surface area contributed by atoms with Gasteiger partial charge >= 0.3 is 0 Å². The van der Waals surface area contributed by atoms with Gasteiger partial charge in [0.15, 0.2) is 0 Å². The van der Waals surface area contributed by atoms with Crippen LogP contribution in [-0.4, -0.2) is 51.7 Å². The van der Waals surface area contributed by atoms with E-state index < -0.39 is 22.0 Å². The summed E-state index contributed by atoms with van der Waals surface area (Å²) < 4.78 is 26.9. The van der Waals surface area contributed by atoms with Crippen molar-refractivity contribution in [3.63, 3.8) is 0 Å². The molecule has 0 aromatic carbocycles. The standard InChI is InChI=1S/C11H16BrN3O4S2.ClH/c12-9-1-2-11(20-9)21(18,19)15-6-10(17)14-4-7-3-13-5-8(7)16;/h1-2,7-8,13,15-16H,3-6H2,(H,14,17);1H. The van der Waals surface area contributed by atoms with E-state index >= 15 is 0 Å². The molecule has 1 aliphatic rings. The summed E-state index contributed by atoms with van der Waals surface area (Å²) in [7, 11) is -3.67. The zero-order valence-corrected chi connectivity index (χ0v) is 15.4. The van der Waals surface area contributed by atoms with E-state index in [0.29, 0.717) is 23.4 Å². The van der Waals surface area contributed by atoms with Gasteiger partial charge in [0.25, 0.3) is 10.0 Å². The molecular weight excluding hydrogens is 418 g/mol. The van der Waals surface area contributed by atoms with Crippen LogP contribution in [0.2, 0.25) is 0 Å². The summed E-state index contributed by atoms with van der Waals surface area (Å²) in [6.07, 6.45) is -0.481. The molecular formula is C11H17BrClN3O4S2. The highest BCUT2D eigenvalue weighted by molar-refractivity contribution is 9.11. The Bertz CT molecular complexity index is 610. The monoisotopic (exact) mass is 433 g/mol. The van der Waals surface area contributed by atoms with Crippen LogP contribution in [0.5, 0.6) is 0 Å². The Hall–Kier alpha value is -0.230. The van der Waals surface area contributed by atoms with Gasteiger partial charge in [0, 0.05) is 25.6 Å². The zero-order valence-electron chi connectivity index (χ0n) is 11.4. The molecule has 0 saturated carbocycles. The fraction of sp³-hybridized carbons (Fsp3) is 0.545. The van der Waals surface area contributed by atoms with Crippen LogP contribution >= 0.6 is 39.7 Å². The van der Waals surface area contributed by atoms with Crippen LogP contribution in [0.25, 0.3) is 0 Å². The van der Waals surface area contributed by atoms with E-state index in [1.807, 2.05) is 0 Å². The average Bonchev–Trinajstić information content (AvgIpc) is 3.03. The summed E-state index contributed by atoms with van der Waals surface area (Å²) in [5.41, 5.74) is 0. The molecule has 0 radical (unpaired) electrons. The lowest BCUT2D eigenvalue weighted by Gasteiger charge is -2.14. The van der Waals surface area contributed by atoms with E-state index in [1.165, 1.54) is 6.07 Å². The molecule has 11 heteroatoms. The van der Waals surface area contributed by atoms with Gasteiger partial charge < -0.3 is 15.7 Å². The van der Waals surface area contributed by atoms with Crippen molar-refractivity contribution in [2.45, 2.75) is 10.3 Å². The number of rotatable bonds is 6. The van der Waals surface area contributed by atoms with E-state index in [-0.39, 0.29) is 29.1 Å².